The Labute approximate surface area is 145 Å². The van der Waals surface area contributed by atoms with Crippen LogP contribution in [0, 0.1) is 11.3 Å². The summed E-state index contributed by atoms with van der Waals surface area (Å²) in [5.74, 6) is 0.482. The Morgan fingerprint density at radius 3 is 2.36 bits per heavy atom. The molecule has 1 heterocycles. The van der Waals surface area contributed by atoms with E-state index < -0.39 is 5.97 Å². The zero-order valence-electron chi connectivity index (χ0n) is 13.5. The number of hydrogen-bond donors (Lipinski definition) is 0. The van der Waals surface area contributed by atoms with Gasteiger partial charge >= 0.3 is 5.97 Å². The van der Waals surface area contributed by atoms with Crippen LogP contribution in [-0.4, -0.2) is 19.0 Å². The number of carbonyl (C=O) groups is 1. The molecule has 3 rings (SSSR count). The third-order valence-electron chi connectivity index (χ3n) is 3.51. The van der Waals surface area contributed by atoms with Gasteiger partial charge in [0, 0.05) is 6.08 Å². The highest BCUT2D eigenvalue weighted by atomic mass is 16.6. The number of ether oxygens (including phenoxy) is 2. The lowest BCUT2D eigenvalue weighted by molar-refractivity contribution is -0.129. The number of rotatable bonds is 4. The van der Waals surface area contributed by atoms with Gasteiger partial charge in [-0.2, -0.15) is 5.26 Å². The van der Waals surface area contributed by atoms with Crippen LogP contribution in [0.1, 0.15) is 16.7 Å². The lowest BCUT2D eigenvalue weighted by Crippen LogP contribution is -2.01. The number of nitriles is 1. The first kappa shape index (κ1) is 16.2. The Kier molecular flexibility index (Phi) is 4.72. The molecule has 0 atom stereocenters. The zero-order chi connectivity index (χ0) is 17.6. The van der Waals surface area contributed by atoms with Gasteiger partial charge in [0.2, 0.25) is 5.90 Å². The fourth-order valence-corrected chi connectivity index (χ4v) is 2.19. The highest BCUT2D eigenvalue weighted by Gasteiger charge is 2.21. The zero-order valence-corrected chi connectivity index (χ0v) is 13.5. The second-order valence-electron chi connectivity index (χ2n) is 5.21. The summed E-state index contributed by atoms with van der Waals surface area (Å²) in [7, 11) is 1.60. The van der Waals surface area contributed by atoms with E-state index in [2.05, 4.69) is 11.1 Å². The van der Waals surface area contributed by atoms with Crippen molar-refractivity contribution in [2.45, 2.75) is 0 Å². The van der Waals surface area contributed by atoms with Gasteiger partial charge < -0.3 is 9.47 Å². The number of aliphatic imine (C=N–C) groups is 1. The summed E-state index contributed by atoms with van der Waals surface area (Å²) in [5, 5.41) is 8.78. The molecule has 0 saturated heterocycles. The van der Waals surface area contributed by atoms with Crippen molar-refractivity contribution in [1.82, 2.24) is 0 Å². The van der Waals surface area contributed by atoms with Crippen LogP contribution in [0.25, 0.3) is 12.2 Å². The first-order valence-corrected chi connectivity index (χ1v) is 7.53. The molecule has 0 spiro atoms. The summed E-state index contributed by atoms with van der Waals surface area (Å²) in [6.07, 6.45) is 5.04. The average molecular weight is 330 g/mol. The van der Waals surface area contributed by atoms with E-state index in [-0.39, 0.29) is 11.6 Å². The second-order valence-corrected chi connectivity index (χ2v) is 5.21. The number of nitrogens with zero attached hydrogens (tertiary/aromatic N) is 2. The Morgan fingerprint density at radius 2 is 1.72 bits per heavy atom. The molecular weight excluding hydrogens is 316 g/mol. The van der Waals surface area contributed by atoms with E-state index in [1.54, 1.807) is 49.6 Å². The molecule has 2 aromatic rings. The first-order valence-electron chi connectivity index (χ1n) is 7.53. The van der Waals surface area contributed by atoms with Crippen LogP contribution in [0.15, 0.2) is 65.3 Å². The molecule has 0 fully saturated rings. The molecule has 0 amide bonds. The highest BCUT2D eigenvalue weighted by molar-refractivity contribution is 6.11. The maximum atomic E-state index is 11.9. The molecule has 0 radical (unpaired) electrons. The van der Waals surface area contributed by atoms with Crippen molar-refractivity contribution in [3.8, 4) is 11.8 Å². The quantitative estimate of drug-likeness (QED) is 0.634. The van der Waals surface area contributed by atoms with E-state index in [1.807, 2.05) is 24.3 Å². The van der Waals surface area contributed by atoms with E-state index in [4.69, 9.17) is 14.7 Å². The monoisotopic (exact) mass is 330 g/mol. The highest BCUT2D eigenvalue weighted by Crippen LogP contribution is 2.18. The fourth-order valence-electron chi connectivity index (χ4n) is 2.19. The third-order valence-corrected chi connectivity index (χ3v) is 3.51. The largest absolute Gasteiger partial charge is 0.497 e. The minimum absolute atomic E-state index is 0.231. The van der Waals surface area contributed by atoms with Gasteiger partial charge in [-0.1, -0.05) is 24.3 Å². The maximum Gasteiger partial charge on any atom is 0.363 e. The van der Waals surface area contributed by atoms with Crippen LogP contribution < -0.4 is 4.74 Å². The Bertz CT molecular complexity index is 915. The Balaban J connectivity index is 1.75. The van der Waals surface area contributed by atoms with E-state index in [0.717, 1.165) is 16.9 Å². The molecule has 2 aromatic carbocycles. The summed E-state index contributed by atoms with van der Waals surface area (Å²) in [4.78, 5) is 16.1. The number of hydrogen-bond acceptors (Lipinski definition) is 5. The van der Waals surface area contributed by atoms with Gasteiger partial charge in [0.1, 0.15) is 5.75 Å². The molecule has 0 unspecified atom stereocenters. The molecule has 1 aliphatic heterocycles. The van der Waals surface area contributed by atoms with Crippen molar-refractivity contribution in [3.63, 3.8) is 0 Å². The van der Waals surface area contributed by atoms with Crippen LogP contribution in [0.2, 0.25) is 0 Å². The molecule has 25 heavy (non-hydrogen) atoms. The van der Waals surface area contributed by atoms with Crippen LogP contribution in [0.3, 0.4) is 0 Å². The third kappa shape index (κ3) is 4.01. The lowest BCUT2D eigenvalue weighted by Gasteiger charge is -1.99. The van der Waals surface area contributed by atoms with Gasteiger partial charge in [0.15, 0.2) is 5.70 Å². The standard InChI is InChI=1S/C20H14N2O3/c1-24-17-9-6-15(7-10-17)12-18-20(23)25-19(22-18)11-8-14-2-4-16(13-21)5-3-14/h2-12H,1H3. The van der Waals surface area contributed by atoms with Crippen LogP contribution >= 0.6 is 0 Å². The normalized spacial score (nSPS) is 15.1. The van der Waals surface area contributed by atoms with E-state index >= 15 is 0 Å². The number of cyclic esters (lactones) is 1. The molecule has 0 bridgehead atoms. The molecule has 5 heteroatoms. The fraction of sp³-hybridized carbons (Fsp3) is 0.0500. The van der Waals surface area contributed by atoms with Crippen molar-refractivity contribution in [1.29, 1.82) is 5.26 Å². The minimum atomic E-state index is -0.490. The topological polar surface area (TPSA) is 71.7 Å². The lowest BCUT2D eigenvalue weighted by atomic mass is 10.1. The van der Waals surface area contributed by atoms with Crippen molar-refractivity contribution < 1.29 is 14.3 Å². The second kappa shape index (κ2) is 7.28. The summed E-state index contributed by atoms with van der Waals surface area (Å²) >= 11 is 0. The van der Waals surface area contributed by atoms with Crippen LogP contribution in [-0.2, 0) is 9.53 Å². The molecule has 0 N–H and O–H groups in total. The number of esters is 1. The maximum absolute atomic E-state index is 11.9. The molecule has 0 saturated carbocycles. The predicted molar refractivity (Wildman–Crippen MR) is 94.7 cm³/mol. The summed E-state index contributed by atoms with van der Waals surface area (Å²) in [5.41, 5.74) is 2.54. The number of benzene rings is 2. The predicted octanol–water partition coefficient (Wildman–Crippen LogP) is 3.58. The Morgan fingerprint density at radius 1 is 1.04 bits per heavy atom. The molecule has 0 aliphatic carbocycles. The summed E-state index contributed by atoms with van der Waals surface area (Å²) in [6.45, 7) is 0. The van der Waals surface area contributed by atoms with Gasteiger partial charge in [-0.3, -0.25) is 0 Å². The number of carbonyl (C=O) groups excluding carboxylic acids is 1. The van der Waals surface area contributed by atoms with E-state index in [9.17, 15) is 4.79 Å². The minimum Gasteiger partial charge on any atom is -0.497 e. The van der Waals surface area contributed by atoms with Crippen LogP contribution in [0.4, 0.5) is 0 Å². The van der Waals surface area contributed by atoms with Gasteiger partial charge in [-0.25, -0.2) is 9.79 Å². The summed E-state index contributed by atoms with van der Waals surface area (Å²) in [6, 6.07) is 16.4. The smallest absolute Gasteiger partial charge is 0.363 e. The SMILES string of the molecule is COc1ccc(C=C2N=C(C=Cc3ccc(C#N)cc3)OC2=O)cc1. The molecule has 0 aromatic heterocycles. The summed E-state index contributed by atoms with van der Waals surface area (Å²) < 4.78 is 10.2. The molecule has 122 valence electrons. The van der Waals surface area contributed by atoms with Crippen molar-refractivity contribution in [2.75, 3.05) is 7.11 Å². The van der Waals surface area contributed by atoms with Gasteiger partial charge in [0.25, 0.3) is 0 Å². The Hall–Kier alpha value is -3.65. The van der Waals surface area contributed by atoms with Gasteiger partial charge in [0.05, 0.1) is 18.7 Å². The van der Waals surface area contributed by atoms with E-state index in [1.165, 1.54) is 0 Å². The van der Waals surface area contributed by atoms with Gasteiger partial charge in [-0.05, 0) is 47.5 Å². The average Bonchev–Trinajstić information content (AvgIpc) is 3.00. The van der Waals surface area contributed by atoms with Gasteiger partial charge in [-0.15, -0.1) is 0 Å². The molecule has 5 nitrogen and oxygen atoms in total. The van der Waals surface area contributed by atoms with Crippen molar-refractivity contribution >= 4 is 24.0 Å². The van der Waals surface area contributed by atoms with Crippen molar-refractivity contribution in [3.05, 3.63) is 77.0 Å². The molecule has 1 aliphatic rings. The number of methoxy groups -OCH3 is 1. The molecular formula is C20H14N2O3. The van der Waals surface area contributed by atoms with Crippen LogP contribution in [0.5, 0.6) is 5.75 Å². The van der Waals surface area contributed by atoms with E-state index in [0.29, 0.717) is 5.56 Å². The van der Waals surface area contributed by atoms with Crippen molar-refractivity contribution in [2.24, 2.45) is 4.99 Å². The first-order chi connectivity index (χ1) is 12.2.